The summed E-state index contributed by atoms with van der Waals surface area (Å²) in [4.78, 5) is 10.7. The second-order valence-electron chi connectivity index (χ2n) is 2.04. The zero-order valence-electron chi connectivity index (χ0n) is 6.39. The lowest BCUT2D eigenvalue weighted by molar-refractivity contribution is -0.142. The summed E-state index contributed by atoms with van der Waals surface area (Å²) in [6.45, 7) is 4.44. The van der Waals surface area contributed by atoms with Crippen molar-refractivity contribution >= 4 is 21.9 Å². The Bertz CT molecular complexity index is 104. The Morgan fingerprint density at radius 3 is 2.60 bits per heavy atom. The monoisotopic (exact) mass is 208 g/mol. The number of alkyl halides is 1. The van der Waals surface area contributed by atoms with Crippen molar-refractivity contribution in [3.8, 4) is 0 Å². The maximum Gasteiger partial charge on any atom is 0.319 e. The van der Waals surface area contributed by atoms with E-state index in [9.17, 15) is 4.79 Å². The standard InChI is InChI=1S/C7H13BrO2/c1-3-5-10-7(9)6(8)4-2/h6H,3-5H2,1-2H3. The summed E-state index contributed by atoms with van der Waals surface area (Å²) >= 11 is 3.20. The molecule has 0 amide bonds. The summed E-state index contributed by atoms with van der Waals surface area (Å²) in [5, 5.41) is 0. The van der Waals surface area contributed by atoms with Crippen molar-refractivity contribution in [2.75, 3.05) is 6.61 Å². The Morgan fingerprint density at radius 2 is 2.20 bits per heavy atom. The number of esters is 1. The van der Waals surface area contributed by atoms with Gasteiger partial charge in [-0.15, -0.1) is 0 Å². The molecule has 3 heteroatoms. The molecular weight excluding hydrogens is 196 g/mol. The molecule has 0 aliphatic rings. The highest BCUT2D eigenvalue weighted by molar-refractivity contribution is 9.10. The van der Waals surface area contributed by atoms with Crippen molar-refractivity contribution in [3.05, 3.63) is 0 Å². The van der Waals surface area contributed by atoms with Gasteiger partial charge in [-0.1, -0.05) is 29.8 Å². The molecule has 10 heavy (non-hydrogen) atoms. The van der Waals surface area contributed by atoms with Crippen molar-refractivity contribution < 1.29 is 9.53 Å². The highest BCUT2D eigenvalue weighted by atomic mass is 79.9. The van der Waals surface area contributed by atoms with E-state index in [1.54, 1.807) is 0 Å². The van der Waals surface area contributed by atoms with Gasteiger partial charge in [-0.2, -0.15) is 0 Å². The molecule has 0 fully saturated rings. The van der Waals surface area contributed by atoms with E-state index >= 15 is 0 Å². The van der Waals surface area contributed by atoms with Gasteiger partial charge in [0.05, 0.1) is 6.61 Å². The van der Waals surface area contributed by atoms with Gasteiger partial charge in [0, 0.05) is 0 Å². The summed E-state index contributed by atoms with van der Waals surface area (Å²) in [5.74, 6) is -0.149. The van der Waals surface area contributed by atoms with Crippen LogP contribution in [0.15, 0.2) is 0 Å². The molecule has 0 aliphatic heterocycles. The Morgan fingerprint density at radius 1 is 1.60 bits per heavy atom. The first-order valence-electron chi connectivity index (χ1n) is 3.53. The number of carbonyl (C=O) groups is 1. The molecule has 0 saturated heterocycles. The summed E-state index contributed by atoms with van der Waals surface area (Å²) in [6.07, 6.45) is 1.66. The zero-order chi connectivity index (χ0) is 7.98. The van der Waals surface area contributed by atoms with Crippen LogP contribution in [0.2, 0.25) is 0 Å². The van der Waals surface area contributed by atoms with Crippen LogP contribution in [0.25, 0.3) is 0 Å². The minimum Gasteiger partial charge on any atom is -0.465 e. The molecule has 0 heterocycles. The van der Waals surface area contributed by atoms with E-state index in [1.165, 1.54) is 0 Å². The first kappa shape index (κ1) is 9.95. The molecule has 2 nitrogen and oxygen atoms in total. The van der Waals surface area contributed by atoms with Crippen LogP contribution in [0.1, 0.15) is 26.7 Å². The average Bonchev–Trinajstić information content (AvgIpc) is 1.98. The SMILES string of the molecule is CCCOC(=O)C(Br)CC. The van der Waals surface area contributed by atoms with Crippen molar-refractivity contribution in [2.24, 2.45) is 0 Å². The Balaban J connectivity index is 3.42. The summed E-state index contributed by atoms with van der Waals surface area (Å²) in [7, 11) is 0. The minimum atomic E-state index is -0.149. The normalized spacial score (nSPS) is 12.7. The maximum atomic E-state index is 10.9. The summed E-state index contributed by atoms with van der Waals surface area (Å²) < 4.78 is 4.86. The highest BCUT2D eigenvalue weighted by Gasteiger charge is 2.12. The molecule has 0 bridgehead atoms. The van der Waals surface area contributed by atoms with Gasteiger partial charge in [0.15, 0.2) is 0 Å². The van der Waals surface area contributed by atoms with Gasteiger partial charge in [0.2, 0.25) is 0 Å². The van der Waals surface area contributed by atoms with E-state index in [4.69, 9.17) is 4.74 Å². The number of carbonyl (C=O) groups excluding carboxylic acids is 1. The smallest absolute Gasteiger partial charge is 0.319 e. The van der Waals surface area contributed by atoms with Gasteiger partial charge < -0.3 is 4.74 Å². The molecule has 0 N–H and O–H groups in total. The van der Waals surface area contributed by atoms with Gasteiger partial charge in [-0.3, -0.25) is 4.79 Å². The van der Waals surface area contributed by atoms with Crippen LogP contribution < -0.4 is 0 Å². The number of rotatable bonds is 4. The van der Waals surface area contributed by atoms with Crippen molar-refractivity contribution in [1.29, 1.82) is 0 Å². The largest absolute Gasteiger partial charge is 0.465 e. The lowest BCUT2D eigenvalue weighted by Gasteiger charge is -2.05. The van der Waals surface area contributed by atoms with Crippen LogP contribution in [0, 0.1) is 0 Å². The first-order valence-corrected chi connectivity index (χ1v) is 4.44. The van der Waals surface area contributed by atoms with E-state index in [0.29, 0.717) is 6.61 Å². The van der Waals surface area contributed by atoms with E-state index < -0.39 is 0 Å². The number of halogens is 1. The van der Waals surface area contributed by atoms with Crippen molar-refractivity contribution in [2.45, 2.75) is 31.5 Å². The second kappa shape index (κ2) is 5.71. The minimum absolute atomic E-state index is 0.126. The fourth-order valence-corrected chi connectivity index (χ4v) is 0.592. The van der Waals surface area contributed by atoms with Gasteiger partial charge >= 0.3 is 5.97 Å². The van der Waals surface area contributed by atoms with E-state index in [-0.39, 0.29) is 10.8 Å². The van der Waals surface area contributed by atoms with Crippen LogP contribution in [0.4, 0.5) is 0 Å². The Labute approximate surface area is 70.1 Å². The molecule has 1 unspecified atom stereocenters. The zero-order valence-corrected chi connectivity index (χ0v) is 7.98. The molecule has 0 spiro atoms. The van der Waals surface area contributed by atoms with Crippen LogP contribution in [-0.2, 0) is 9.53 Å². The molecule has 0 radical (unpaired) electrons. The van der Waals surface area contributed by atoms with Gasteiger partial charge in [0.1, 0.15) is 4.83 Å². The van der Waals surface area contributed by atoms with Gasteiger partial charge in [0.25, 0.3) is 0 Å². The number of ether oxygens (including phenoxy) is 1. The molecule has 0 aromatic carbocycles. The summed E-state index contributed by atoms with van der Waals surface area (Å²) in [6, 6.07) is 0. The quantitative estimate of drug-likeness (QED) is 0.523. The summed E-state index contributed by atoms with van der Waals surface area (Å²) in [5.41, 5.74) is 0. The lowest BCUT2D eigenvalue weighted by Crippen LogP contribution is -2.16. The average molecular weight is 209 g/mol. The van der Waals surface area contributed by atoms with Crippen LogP contribution in [0.3, 0.4) is 0 Å². The third kappa shape index (κ3) is 3.88. The molecule has 1 atom stereocenters. The number of hydrogen-bond donors (Lipinski definition) is 0. The van der Waals surface area contributed by atoms with E-state index in [1.807, 2.05) is 13.8 Å². The topological polar surface area (TPSA) is 26.3 Å². The van der Waals surface area contributed by atoms with Crippen LogP contribution in [-0.4, -0.2) is 17.4 Å². The highest BCUT2D eigenvalue weighted by Crippen LogP contribution is 2.06. The fraction of sp³-hybridized carbons (Fsp3) is 0.857. The third-order valence-corrected chi connectivity index (χ3v) is 2.08. The van der Waals surface area contributed by atoms with E-state index in [0.717, 1.165) is 12.8 Å². The van der Waals surface area contributed by atoms with Crippen LogP contribution in [0.5, 0.6) is 0 Å². The van der Waals surface area contributed by atoms with Crippen molar-refractivity contribution in [3.63, 3.8) is 0 Å². The molecule has 0 saturated carbocycles. The molecule has 0 aliphatic carbocycles. The Hall–Kier alpha value is -0.0500. The molecule has 0 rings (SSSR count). The predicted molar refractivity (Wildman–Crippen MR) is 44.3 cm³/mol. The van der Waals surface area contributed by atoms with Crippen molar-refractivity contribution in [1.82, 2.24) is 0 Å². The third-order valence-electron chi connectivity index (χ3n) is 1.06. The van der Waals surface area contributed by atoms with Crippen LogP contribution >= 0.6 is 15.9 Å². The fourth-order valence-electron chi connectivity index (χ4n) is 0.460. The first-order chi connectivity index (χ1) is 4.72. The second-order valence-corrected chi connectivity index (χ2v) is 3.15. The van der Waals surface area contributed by atoms with Gasteiger partial charge in [-0.05, 0) is 12.8 Å². The molecule has 0 aromatic heterocycles. The number of hydrogen-bond acceptors (Lipinski definition) is 2. The van der Waals surface area contributed by atoms with Gasteiger partial charge in [-0.25, -0.2) is 0 Å². The van der Waals surface area contributed by atoms with E-state index in [2.05, 4.69) is 15.9 Å². The Kier molecular flexibility index (Phi) is 5.69. The predicted octanol–water partition coefficient (Wildman–Crippen LogP) is 2.11. The molecular formula is C7H13BrO2. The lowest BCUT2D eigenvalue weighted by atomic mass is 10.3. The molecule has 0 aromatic rings. The maximum absolute atomic E-state index is 10.9. The molecule has 60 valence electrons.